The number of hydrogen-bond acceptors (Lipinski definition) is 5. The van der Waals surface area contributed by atoms with Gasteiger partial charge in [-0.15, -0.1) is 11.8 Å². The van der Waals surface area contributed by atoms with Crippen LogP contribution in [0.25, 0.3) is 5.65 Å². The molecule has 0 spiro atoms. The summed E-state index contributed by atoms with van der Waals surface area (Å²) in [4.78, 5) is 18.4. The Morgan fingerprint density at radius 1 is 1.23 bits per heavy atom. The van der Waals surface area contributed by atoms with Gasteiger partial charge in [-0.25, -0.2) is 4.98 Å². The number of carbonyl (C=O) groups excluding carboxylic acids is 1. The Morgan fingerprint density at radius 2 is 2.03 bits per heavy atom. The third kappa shape index (κ3) is 4.31. The van der Waals surface area contributed by atoms with E-state index in [0.717, 1.165) is 16.2 Å². The summed E-state index contributed by atoms with van der Waals surface area (Å²) >= 11 is 6.87. The van der Waals surface area contributed by atoms with Crippen LogP contribution in [0.5, 0.6) is 0 Å². The largest absolute Gasteiger partial charge is 0.345 e. The third-order valence-electron chi connectivity index (χ3n) is 4.62. The van der Waals surface area contributed by atoms with E-state index in [2.05, 4.69) is 20.5 Å². The van der Waals surface area contributed by atoms with E-state index in [1.165, 1.54) is 0 Å². The van der Waals surface area contributed by atoms with Crippen molar-refractivity contribution >= 4 is 35.5 Å². The zero-order valence-corrected chi connectivity index (χ0v) is 18.3. The van der Waals surface area contributed by atoms with Crippen LogP contribution in [-0.2, 0) is 12.3 Å². The van der Waals surface area contributed by atoms with E-state index in [9.17, 15) is 4.79 Å². The molecule has 30 heavy (non-hydrogen) atoms. The summed E-state index contributed by atoms with van der Waals surface area (Å²) in [5.74, 6) is 1.24. The molecule has 0 aliphatic heterocycles. The first-order valence-corrected chi connectivity index (χ1v) is 11.0. The second kappa shape index (κ2) is 8.85. The molecule has 3 aromatic heterocycles. The molecule has 154 valence electrons. The summed E-state index contributed by atoms with van der Waals surface area (Å²) in [7, 11) is 0. The highest BCUT2D eigenvalue weighted by molar-refractivity contribution is 7.98. The first-order chi connectivity index (χ1) is 14.5. The maximum atomic E-state index is 12.9. The smallest absolute Gasteiger partial charge is 0.252 e. The van der Waals surface area contributed by atoms with Crippen LogP contribution in [0, 0.1) is 4.77 Å². The summed E-state index contributed by atoms with van der Waals surface area (Å²) in [6, 6.07) is 13.7. The molecule has 0 aliphatic carbocycles. The van der Waals surface area contributed by atoms with Crippen LogP contribution in [0.2, 0.25) is 0 Å². The molecule has 7 nitrogen and oxygen atoms in total. The number of thioether (sulfide) groups is 1. The molecule has 0 atom stereocenters. The van der Waals surface area contributed by atoms with E-state index in [1.807, 2.05) is 77.7 Å². The Hall–Kier alpha value is -2.91. The molecule has 0 radical (unpaired) electrons. The molecular weight excluding hydrogens is 416 g/mol. The summed E-state index contributed by atoms with van der Waals surface area (Å²) in [5, 5.41) is 9.99. The Morgan fingerprint density at radius 3 is 2.83 bits per heavy atom. The van der Waals surface area contributed by atoms with Gasteiger partial charge in [0.25, 0.3) is 5.91 Å². The van der Waals surface area contributed by atoms with Crippen molar-refractivity contribution in [3.05, 3.63) is 76.7 Å². The standard InChI is InChI=1S/C21H22N6OS2/c1-14(2)27-19(24-25-21(27)29)11-22-20(28)16-7-3-4-8-17(16)30-13-15-12-26-10-6-5-9-18(26)23-15/h3-10,12,14H,11,13H2,1-2H3,(H,22,28)(H,25,29). The Bertz CT molecular complexity index is 1210. The monoisotopic (exact) mass is 438 g/mol. The molecule has 0 fully saturated rings. The molecule has 2 N–H and O–H groups in total. The van der Waals surface area contributed by atoms with Gasteiger partial charge in [0.05, 0.1) is 17.8 Å². The minimum Gasteiger partial charge on any atom is -0.345 e. The van der Waals surface area contributed by atoms with Gasteiger partial charge in [-0.2, -0.15) is 5.10 Å². The molecule has 1 amide bonds. The van der Waals surface area contributed by atoms with Crippen molar-refractivity contribution < 1.29 is 4.79 Å². The number of nitrogens with zero attached hydrogens (tertiary/aromatic N) is 4. The minimum absolute atomic E-state index is 0.141. The van der Waals surface area contributed by atoms with Gasteiger partial charge in [-0.3, -0.25) is 9.89 Å². The molecular formula is C21H22N6OS2. The molecule has 4 aromatic rings. The van der Waals surface area contributed by atoms with Crippen LogP contribution >= 0.6 is 24.0 Å². The SMILES string of the molecule is CC(C)n1c(CNC(=O)c2ccccc2SCc2cn3ccccc3n2)n[nH]c1=S. The van der Waals surface area contributed by atoms with Crippen LogP contribution in [0.15, 0.2) is 59.8 Å². The fourth-order valence-corrected chi connectivity index (χ4v) is 4.53. The number of aromatic amines is 1. The number of carbonyl (C=O) groups is 1. The number of amides is 1. The molecule has 0 saturated heterocycles. The number of imidazole rings is 1. The molecule has 9 heteroatoms. The second-order valence-corrected chi connectivity index (χ2v) is 8.48. The maximum absolute atomic E-state index is 12.9. The zero-order chi connectivity index (χ0) is 21.1. The molecule has 0 saturated carbocycles. The van der Waals surface area contributed by atoms with Gasteiger partial charge in [0.15, 0.2) is 10.6 Å². The number of benzene rings is 1. The highest BCUT2D eigenvalue weighted by Crippen LogP contribution is 2.26. The Balaban J connectivity index is 1.46. The summed E-state index contributed by atoms with van der Waals surface area (Å²) < 4.78 is 4.45. The predicted molar refractivity (Wildman–Crippen MR) is 120 cm³/mol. The second-order valence-electron chi connectivity index (χ2n) is 7.07. The summed E-state index contributed by atoms with van der Waals surface area (Å²) in [6.07, 6.45) is 3.99. The van der Waals surface area contributed by atoms with E-state index in [4.69, 9.17) is 12.2 Å². The molecule has 3 heterocycles. The number of hydrogen-bond donors (Lipinski definition) is 2. The predicted octanol–water partition coefficient (Wildman–Crippen LogP) is 4.39. The number of aromatic nitrogens is 5. The summed E-state index contributed by atoms with van der Waals surface area (Å²) in [6.45, 7) is 4.36. The quantitative estimate of drug-likeness (QED) is 0.330. The lowest BCUT2D eigenvalue weighted by molar-refractivity contribution is 0.0946. The van der Waals surface area contributed by atoms with Gasteiger partial charge >= 0.3 is 0 Å². The van der Waals surface area contributed by atoms with Crippen molar-refractivity contribution in [1.82, 2.24) is 29.5 Å². The average molecular weight is 439 g/mol. The van der Waals surface area contributed by atoms with Gasteiger partial charge in [-0.1, -0.05) is 18.2 Å². The van der Waals surface area contributed by atoms with Crippen LogP contribution < -0.4 is 5.32 Å². The number of rotatable bonds is 7. The minimum atomic E-state index is -0.141. The lowest BCUT2D eigenvalue weighted by Gasteiger charge is -2.12. The van der Waals surface area contributed by atoms with Crippen molar-refractivity contribution in [3.63, 3.8) is 0 Å². The van der Waals surface area contributed by atoms with Crippen LogP contribution in [0.3, 0.4) is 0 Å². The van der Waals surface area contributed by atoms with E-state index in [-0.39, 0.29) is 11.9 Å². The zero-order valence-electron chi connectivity index (χ0n) is 16.7. The molecule has 0 unspecified atom stereocenters. The molecule has 1 aromatic carbocycles. The highest BCUT2D eigenvalue weighted by atomic mass is 32.2. The van der Waals surface area contributed by atoms with Crippen LogP contribution in [-0.4, -0.2) is 30.1 Å². The van der Waals surface area contributed by atoms with E-state index >= 15 is 0 Å². The Kier molecular flexibility index (Phi) is 6.01. The first-order valence-electron chi connectivity index (χ1n) is 9.61. The van der Waals surface area contributed by atoms with E-state index < -0.39 is 0 Å². The van der Waals surface area contributed by atoms with E-state index in [0.29, 0.717) is 28.5 Å². The van der Waals surface area contributed by atoms with Gasteiger partial charge in [0.2, 0.25) is 0 Å². The number of nitrogens with one attached hydrogen (secondary N) is 2. The van der Waals surface area contributed by atoms with Gasteiger partial charge < -0.3 is 14.3 Å². The van der Waals surface area contributed by atoms with Crippen molar-refractivity contribution in [2.75, 3.05) is 0 Å². The first kappa shape index (κ1) is 20.4. The lowest BCUT2D eigenvalue weighted by atomic mass is 10.2. The highest BCUT2D eigenvalue weighted by Gasteiger charge is 2.15. The number of pyridine rings is 1. The average Bonchev–Trinajstić information content (AvgIpc) is 3.33. The lowest BCUT2D eigenvalue weighted by Crippen LogP contribution is -2.25. The topological polar surface area (TPSA) is 80.0 Å². The van der Waals surface area contributed by atoms with Crippen LogP contribution in [0.4, 0.5) is 0 Å². The fraction of sp³-hybridized carbons (Fsp3) is 0.238. The Labute approximate surface area is 183 Å². The maximum Gasteiger partial charge on any atom is 0.252 e. The van der Waals surface area contributed by atoms with E-state index in [1.54, 1.807) is 11.8 Å². The summed E-state index contributed by atoms with van der Waals surface area (Å²) in [5.41, 5.74) is 2.52. The normalized spacial score (nSPS) is 11.3. The van der Waals surface area contributed by atoms with Crippen LogP contribution in [0.1, 0.15) is 41.8 Å². The van der Waals surface area contributed by atoms with Gasteiger partial charge in [0.1, 0.15) is 5.65 Å². The third-order valence-corrected chi connectivity index (χ3v) is 6.02. The van der Waals surface area contributed by atoms with Crippen molar-refractivity contribution in [3.8, 4) is 0 Å². The van der Waals surface area contributed by atoms with Crippen molar-refractivity contribution in [1.29, 1.82) is 0 Å². The molecule has 0 aliphatic rings. The van der Waals surface area contributed by atoms with Crippen molar-refractivity contribution in [2.45, 2.75) is 37.1 Å². The van der Waals surface area contributed by atoms with Gasteiger partial charge in [0, 0.05) is 29.1 Å². The number of fused-ring (bicyclic) bond motifs is 1. The number of H-pyrrole nitrogens is 1. The molecule has 0 bridgehead atoms. The van der Waals surface area contributed by atoms with Gasteiger partial charge in [-0.05, 0) is 50.3 Å². The fourth-order valence-electron chi connectivity index (χ4n) is 3.24. The molecule has 4 rings (SSSR count). The van der Waals surface area contributed by atoms with Crippen molar-refractivity contribution in [2.24, 2.45) is 0 Å².